The Morgan fingerprint density at radius 3 is 2.94 bits per heavy atom. The summed E-state index contributed by atoms with van der Waals surface area (Å²) in [5, 5.41) is 16.9. The van der Waals surface area contributed by atoms with Gasteiger partial charge in [0.25, 0.3) is 5.91 Å². The lowest BCUT2D eigenvalue weighted by molar-refractivity contribution is 0.0841. The highest BCUT2D eigenvalue weighted by molar-refractivity contribution is 5.94. The zero-order chi connectivity index (χ0) is 24.7. The van der Waals surface area contributed by atoms with E-state index in [1.54, 1.807) is 24.5 Å². The SMILES string of the molecule is O=C(NCC(O)CN1CCc2cc(OCc3cnco3)ccc2C1)c1ccnc(NC2CCCC2)c1. The molecule has 1 aromatic carbocycles. The minimum Gasteiger partial charge on any atom is -0.486 e. The van der Waals surface area contributed by atoms with Crippen molar-refractivity contribution in [2.75, 3.05) is 25.0 Å². The summed E-state index contributed by atoms with van der Waals surface area (Å²) in [5.41, 5.74) is 3.03. The first kappa shape index (κ1) is 24.3. The third-order valence-corrected chi connectivity index (χ3v) is 6.83. The average molecular weight is 492 g/mol. The van der Waals surface area contributed by atoms with Crippen LogP contribution in [0, 0.1) is 0 Å². The Morgan fingerprint density at radius 2 is 2.11 bits per heavy atom. The number of hydrogen-bond acceptors (Lipinski definition) is 8. The lowest BCUT2D eigenvalue weighted by atomic mass is 9.99. The van der Waals surface area contributed by atoms with E-state index < -0.39 is 6.10 Å². The molecule has 3 heterocycles. The standard InChI is InChI=1S/C27H33N5O4/c33-23(13-30-27(34)20-7-9-29-26(12-20)31-22-3-1-2-4-22)16-32-10-8-19-11-24(6-5-21(19)15-32)35-17-25-14-28-18-36-25/h5-7,9,11-12,14,18,22-23,33H,1-4,8,10,13,15-17H2,(H,29,31)(H,30,34). The van der Waals surface area contributed by atoms with Crippen LogP contribution in [-0.4, -0.2) is 57.7 Å². The largest absolute Gasteiger partial charge is 0.486 e. The predicted octanol–water partition coefficient (Wildman–Crippen LogP) is 3.15. The van der Waals surface area contributed by atoms with Crippen LogP contribution in [0.5, 0.6) is 5.75 Å². The molecule has 9 nitrogen and oxygen atoms in total. The van der Waals surface area contributed by atoms with Crippen molar-refractivity contribution in [3.8, 4) is 5.75 Å². The summed E-state index contributed by atoms with van der Waals surface area (Å²) >= 11 is 0. The molecule has 2 aliphatic rings. The van der Waals surface area contributed by atoms with Crippen LogP contribution in [0.4, 0.5) is 5.82 Å². The van der Waals surface area contributed by atoms with Gasteiger partial charge in [0.2, 0.25) is 0 Å². The molecule has 190 valence electrons. The summed E-state index contributed by atoms with van der Waals surface area (Å²) in [6.07, 6.45) is 9.67. The molecule has 2 aromatic heterocycles. The molecule has 1 aliphatic carbocycles. The molecule has 1 saturated carbocycles. The summed E-state index contributed by atoms with van der Waals surface area (Å²) in [7, 11) is 0. The molecular formula is C27H33N5O4. The first-order valence-corrected chi connectivity index (χ1v) is 12.7. The number of aliphatic hydroxyl groups is 1. The van der Waals surface area contributed by atoms with Crippen molar-refractivity contribution >= 4 is 11.7 Å². The number of oxazole rings is 1. The van der Waals surface area contributed by atoms with Gasteiger partial charge >= 0.3 is 0 Å². The number of anilines is 1. The second-order valence-electron chi connectivity index (χ2n) is 9.59. The van der Waals surface area contributed by atoms with Crippen molar-refractivity contribution in [2.45, 2.75) is 57.4 Å². The number of rotatable bonds is 10. The van der Waals surface area contributed by atoms with E-state index in [2.05, 4.69) is 37.6 Å². The highest BCUT2D eigenvalue weighted by Gasteiger charge is 2.20. The number of fused-ring (bicyclic) bond motifs is 1. The molecule has 5 rings (SSSR count). The molecule has 1 aliphatic heterocycles. The van der Waals surface area contributed by atoms with Gasteiger partial charge in [-0.3, -0.25) is 9.69 Å². The molecule has 9 heteroatoms. The third kappa shape index (κ3) is 6.41. The van der Waals surface area contributed by atoms with Gasteiger partial charge in [-0.05, 0) is 54.7 Å². The summed E-state index contributed by atoms with van der Waals surface area (Å²) in [5.74, 6) is 2.02. The number of aromatic nitrogens is 2. The van der Waals surface area contributed by atoms with Crippen LogP contribution in [0.1, 0.15) is 52.9 Å². The van der Waals surface area contributed by atoms with Crippen molar-refractivity contribution < 1.29 is 19.1 Å². The second kappa shape index (κ2) is 11.5. The fraction of sp³-hybridized carbons (Fsp3) is 0.444. The zero-order valence-electron chi connectivity index (χ0n) is 20.4. The van der Waals surface area contributed by atoms with Crippen LogP contribution >= 0.6 is 0 Å². The predicted molar refractivity (Wildman–Crippen MR) is 135 cm³/mol. The zero-order valence-corrected chi connectivity index (χ0v) is 20.4. The third-order valence-electron chi connectivity index (χ3n) is 6.83. The fourth-order valence-electron chi connectivity index (χ4n) is 4.91. The molecular weight excluding hydrogens is 458 g/mol. The van der Waals surface area contributed by atoms with Gasteiger partial charge in [-0.15, -0.1) is 0 Å². The van der Waals surface area contributed by atoms with Crippen molar-refractivity contribution in [3.63, 3.8) is 0 Å². The maximum Gasteiger partial charge on any atom is 0.251 e. The van der Waals surface area contributed by atoms with Crippen LogP contribution in [0.15, 0.2) is 53.5 Å². The number of benzene rings is 1. The number of carbonyl (C=O) groups excluding carboxylic acids is 1. The van der Waals surface area contributed by atoms with E-state index in [1.807, 2.05) is 6.07 Å². The Morgan fingerprint density at radius 1 is 1.22 bits per heavy atom. The van der Waals surface area contributed by atoms with Gasteiger partial charge in [0.05, 0.1) is 12.3 Å². The van der Waals surface area contributed by atoms with Crippen LogP contribution in [-0.2, 0) is 19.6 Å². The van der Waals surface area contributed by atoms with Crippen molar-refractivity contribution in [1.82, 2.24) is 20.2 Å². The minimum atomic E-state index is -0.655. The van der Waals surface area contributed by atoms with E-state index >= 15 is 0 Å². The molecule has 1 fully saturated rings. The molecule has 36 heavy (non-hydrogen) atoms. The Hall–Kier alpha value is -3.43. The summed E-state index contributed by atoms with van der Waals surface area (Å²) < 4.78 is 11.0. The number of nitrogens with zero attached hydrogens (tertiary/aromatic N) is 3. The maximum atomic E-state index is 12.6. The number of hydrogen-bond donors (Lipinski definition) is 3. The summed E-state index contributed by atoms with van der Waals surface area (Å²) in [6.45, 7) is 2.63. The number of amides is 1. The monoisotopic (exact) mass is 491 g/mol. The summed E-state index contributed by atoms with van der Waals surface area (Å²) in [4.78, 5) is 23.1. The van der Waals surface area contributed by atoms with Gasteiger partial charge in [-0.25, -0.2) is 9.97 Å². The maximum absolute atomic E-state index is 12.6. The van der Waals surface area contributed by atoms with Gasteiger partial charge in [0, 0.05) is 44.0 Å². The van der Waals surface area contributed by atoms with Gasteiger partial charge in [0.15, 0.2) is 12.2 Å². The highest BCUT2D eigenvalue weighted by Crippen LogP contribution is 2.25. The highest BCUT2D eigenvalue weighted by atomic mass is 16.5. The van der Waals surface area contributed by atoms with E-state index in [0.29, 0.717) is 30.5 Å². The quantitative estimate of drug-likeness (QED) is 0.397. The van der Waals surface area contributed by atoms with Gasteiger partial charge < -0.3 is 24.9 Å². The van der Waals surface area contributed by atoms with Gasteiger partial charge in [-0.2, -0.15) is 0 Å². The van der Waals surface area contributed by atoms with E-state index in [-0.39, 0.29) is 12.5 Å². The molecule has 0 saturated heterocycles. The van der Waals surface area contributed by atoms with E-state index in [0.717, 1.165) is 43.9 Å². The van der Waals surface area contributed by atoms with E-state index in [4.69, 9.17) is 9.15 Å². The number of carbonyl (C=O) groups is 1. The molecule has 1 atom stereocenters. The van der Waals surface area contributed by atoms with Crippen LogP contribution < -0.4 is 15.4 Å². The molecule has 0 bridgehead atoms. The van der Waals surface area contributed by atoms with Crippen molar-refractivity contribution in [1.29, 1.82) is 0 Å². The lowest BCUT2D eigenvalue weighted by Gasteiger charge is -2.30. The number of aliphatic hydroxyl groups excluding tert-OH is 1. The molecule has 0 spiro atoms. The number of β-amino-alcohol motifs (C(OH)–C–C–N with tert-alkyl or cyclic N) is 1. The van der Waals surface area contributed by atoms with Crippen molar-refractivity contribution in [3.05, 3.63) is 71.6 Å². The smallest absolute Gasteiger partial charge is 0.251 e. The van der Waals surface area contributed by atoms with Crippen LogP contribution in [0.3, 0.4) is 0 Å². The second-order valence-corrected chi connectivity index (χ2v) is 9.59. The molecule has 1 unspecified atom stereocenters. The number of pyridine rings is 1. The number of nitrogens with one attached hydrogen (secondary N) is 2. The van der Waals surface area contributed by atoms with E-state index in [9.17, 15) is 9.90 Å². The van der Waals surface area contributed by atoms with E-state index in [1.165, 1.54) is 30.4 Å². The molecule has 0 radical (unpaired) electrons. The minimum absolute atomic E-state index is 0.199. The number of ether oxygens (including phenoxy) is 1. The van der Waals surface area contributed by atoms with Crippen molar-refractivity contribution in [2.24, 2.45) is 0 Å². The summed E-state index contributed by atoms with van der Waals surface area (Å²) in [6, 6.07) is 10.0. The van der Waals surface area contributed by atoms with Crippen LogP contribution in [0.25, 0.3) is 0 Å². The van der Waals surface area contributed by atoms with Gasteiger partial charge in [-0.1, -0.05) is 18.9 Å². The fourth-order valence-corrected chi connectivity index (χ4v) is 4.91. The Bertz CT molecular complexity index is 1150. The van der Waals surface area contributed by atoms with Gasteiger partial charge in [0.1, 0.15) is 18.2 Å². The molecule has 1 amide bonds. The first-order valence-electron chi connectivity index (χ1n) is 12.7. The topological polar surface area (TPSA) is 113 Å². The Labute approximate surface area is 210 Å². The normalized spacial score (nSPS) is 16.9. The Kier molecular flexibility index (Phi) is 7.78. The lowest BCUT2D eigenvalue weighted by Crippen LogP contribution is -2.42. The molecule has 3 N–H and O–H groups in total. The molecule has 3 aromatic rings. The Balaban J connectivity index is 1.07. The average Bonchev–Trinajstić information content (AvgIpc) is 3.61. The van der Waals surface area contributed by atoms with Crippen LogP contribution in [0.2, 0.25) is 0 Å². The first-order chi connectivity index (χ1) is 17.6.